The Morgan fingerprint density at radius 2 is 1.94 bits per heavy atom. The second-order valence-electron chi connectivity index (χ2n) is 4.54. The van der Waals surface area contributed by atoms with Gasteiger partial charge in [-0.25, -0.2) is 4.79 Å². The number of carboxylic acids is 1. The summed E-state index contributed by atoms with van der Waals surface area (Å²) in [6.45, 7) is 4.94. The van der Waals surface area contributed by atoms with E-state index in [-0.39, 0.29) is 6.04 Å². The van der Waals surface area contributed by atoms with Gasteiger partial charge in [-0.15, -0.1) is 0 Å². The standard InChI is InChI=1S/C13H17NO2/c1-9-6-10(2)8-11(7-9)14-5-3-4-12(14)13(15)16/h6-8,12H,3-5H2,1-2H3,(H,15,16). The maximum atomic E-state index is 11.1. The fraction of sp³-hybridized carbons (Fsp3) is 0.462. The number of hydrogen-bond acceptors (Lipinski definition) is 2. The predicted octanol–water partition coefficient (Wildman–Crippen LogP) is 2.36. The number of nitrogens with zero attached hydrogens (tertiary/aromatic N) is 1. The molecule has 1 aliphatic heterocycles. The van der Waals surface area contributed by atoms with Crippen LogP contribution in [0.3, 0.4) is 0 Å². The Morgan fingerprint density at radius 3 is 2.50 bits per heavy atom. The Bertz CT molecular complexity index is 394. The highest BCUT2D eigenvalue weighted by atomic mass is 16.4. The van der Waals surface area contributed by atoms with Gasteiger partial charge in [0.05, 0.1) is 0 Å². The normalized spacial score (nSPS) is 20.1. The van der Waals surface area contributed by atoms with Gasteiger partial charge < -0.3 is 10.0 Å². The number of benzene rings is 1. The van der Waals surface area contributed by atoms with Gasteiger partial charge in [0.25, 0.3) is 0 Å². The lowest BCUT2D eigenvalue weighted by Crippen LogP contribution is -2.35. The lowest BCUT2D eigenvalue weighted by molar-refractivity contribution is -0.138. The molecule has 1 aromatic carbocycles. The van der Waals surface area contributed by atoms with Gasteiger partial charge in [-0.1, -0.05) is 6.07 Å². The third-order valence-corrected chi connectivity index (χ3v) is 3.08. The number of carboxylic acid groups (broad SMARTS) is 1. The van der Waals surface area contributed by atoms with Crippen LogP contribution in [-0.4, -0.2) is 23.7 Å². The molecule has 1 N–H and O–H groups in total. The SMILES string of the molecule is Cc1cc(C)cc(N2CCCC2C(=O)O)c1. The zero-order chi connectivity index (χ0) is 11.7. The largest absolute Gasteiger partial charge is 0.480 e. The molecule has 86 valence electrons. The first-order chi connectivity index (χ1) is 7.58. The van der Waals surface area contributed by atoms with Gasteiger partial charge in [0.2, 0.25) is 0 Å². The first kappa shape index (κ1) is 11.0. The van der Waals surface area contributed by atoms with Gasteiger partial charge >= 0.3 is 5.97 Å². The average Bonchev–Trinajstić information content (AvgIpc) is 2.63. The zero-order valence-electron chi connectivity index (χ0n) is 9.73. The Morgan fingerprint density at radius 1 is 1.31 bits per heavy atom. The zero-order valence-corrected chi connectivity index (χ0v) is 9.73. The lowest BCUT2D eigenvalue weighted by atomic mass is 10.1. The average molecular weight is 219 g/mol. The molecule has 3 nitrogen and oxygen atoms in total. The monoisotopic (exact) mass is 219 g/mol. The van der Waals surface area contributed by atoms with E-state index in [2.05, 4.69) is 18.2 Å². The van der Waals surface area contributed by atoms with Gasteiger partial charge in [0.1, 0.15) is 6.04 Å². The van der Waals surface area contributed by atoms with Crippen LogP contribution in [0.1, 0.15) is 24.0 Å². The Labute approximate surface area is 95.7 Å². The molecule has 1 aromatic rings. The summed E-state index contributed by atoms with van der Waals surface area (Å²) in [5.41, 5.74) is 3.42. The van der Waals surface area contributed by atoms with Gasteiger partial charge in [0.15, 0.2) is 0 Å². The summed E-state index contributed by atoms with van der Waals surface area (Å²) < 4.78 is 0. The van der Waals surface area contributed by atoms with E-state index in [1.807, 2.05) is 18.7 Å². The summed E-state index contributed by atoms with van der Waals surface area (Å²) in [6, 6.07) is 5.89. The molecule has 1 unspecified atom stereocenters. The minimum Gasteiger partial charge on any atom is -0.480 e. The number of carbonyl (C=O) groups is 1. The minimum atomic E-state index is -0.711. The Kier molecular flexibility index (Phi) is 2.86. The van der Waals surface area contributed by atoms with E-state index >= 15 is 0 Å². The highest BCUT2D eigenvalue weighted by Crippen LogP contribution is 2.27. The molecule has 0 spiro atoms. The number of aryl methyl sites for hydroxylation is 2. The number of aliphatic carboxylic acids is 1. The van der Waals surface area contributed by atoms with Crippen molar-refractivity contribution in [3.8, 4) is 0 Å². The topological polar surface area (TPSA) is 40.5 Å². The summed E-state index contributed by atoms with van der Waals surface area (Å²) in [5.74, 6) is -0.711. The molecule has 1 atom stereocenters. The van der Waals surface area contributed by atoms with Crippen LogP contribution in [0.5, 0.6) is 0 Å². The van der Waals surface area contributed by atoms with Crippen molar-refractivity contribution in [3.63, 3.8) is 0 Å². The van der Waals surface area contributed by atoms with Crippen LogP contribution in [0, 0.1) is 13.8 Å². The molecule has 0 bridgehead atoms. The fourth-order valence-electron chi connectivity index (χ4n) is 2.45. The van der Waals surface area contributed by atoms with Gasteiger partial charge in [-0.3, -0.25) is 0 Å². The summed E-state index contributed by atoms with van der Waals surface area (Å²) in [6.07, 6.45) is 1.71. The van der Waals surface area contributed by atoms with Crippen LogP contribution >= 0.6 is 0 Å². The second kappa shape index (κ2) is 4.16. The van der Waals surface area contributed by atoms with Crippen molar-refractivity contribution in [2.75, 3.05) is 11.4 Å². The molecule has 1 fully saturated rings. The summed E-state index contributed by atoms with van der Waals surface area (Å²) in [4.78, 5) is 13.1. The molecular formula is C13H17NO2. The molecule has 1 saturated heterocycles. The Hall–Kier alpha value is -1.51. The smallest absolute Gasteiger partial charge is 0.326 e. The summed E-state index contributed by atoms with van der Waals surface area (Å²) in [5, 5.41) is 9.14. The molecular weight excluding hydrogens is 202 g/mol. The van der Waals surface area contributed by atoms with Crippen molar-refractivity contribution in [1.29, 1.82) is 0 Å². The van der Waals surface area contributed by atoms with Crippen molar-refractivity contribution in [1.82, 2.24) is 0 Å². The summed E-state index contributed by atoms with van der Waals surface area (Å²) >= 11 is 0. The lowest BCUT2D eigenvalue weighted by Gasteiger charge is -2.24. The molecule has 3 heteroatoms. The highest BCUT2D eigenvalue weighted by Gasteiger charge is 2.30. The molecule has 0 radical (unpaired) electrons. The molecule has 0 amide bonds. The highest BCUT2D eigenvalue weighted by molar-refractivity contribution is 5.79. The molecule has 2 rings (SSSR count). The first-order valence-corrected chi connectivity index (χ1v) is 5.65. The van der Waals surface area contributed by atoms with Crippen molar-refractivity contribution >= 4 is 11.7 Å². The second-order valence-corrected chi connectivity index (χ2v) is 4.54. The van der Waals surface area contributed by atoms with Crippen molar-refractivity contribution in [2.45, 2.75) is 32.7 Å². The van der Waals surface area contributed by atoms with Crippen LogP contribution in [0.4, 0.5) is 5.69 Å². The van der Waals surface area contributed by atoms with E-state index in [9.17, 15) is 4.79 Å². The third-order valence-electron chi connectivity index (χ3n) is 3.08. The minimum absolute atomic E-state index is 0.346. The van der Waals surface area contributed by atoms with Gasteiger partial charge in [-0.05, 0) is 49.9 Å². The fourth-order valence-corrected chi connectivity index (χ4v) is 2.45. The maximum Gasteiger partial charge on any atom is 0.326 e. The van der Waals surface area contributed by atoms with Crippen LogP contribution in [-0.2, 0) is 4.79 Å². The van der Waals surface area contributed by atoms with E-state index in [4.69, 9.17) is 5.11 Å². The molecule has 16 heavy (non-hydrogen) atoms. The van der Waals surface area contributed by atoms with Crippen LogP contribution in [0.25, 0.3) is 0 Å². The molecule has 0 aliphatic carbocycles. The van der Waals surface area contributed by atoms with E-state index < -0.39 is 5.97 Å². The molecule has 0 aromatic heterocycles. The van der Waals surface area contributed by atoms with Crippen LogP contribution in [0.2, 0.25) is 0 Å². The number of anilines is 1. The van der Waals surface area contributed by atoms with E-state index in [1.165, 1.54) is 11.1 Å². The molecule has 1 aliphatic rings. The summed E-state index contributed by atoms with van der Waals surface area (Å²) in [7, 11) is 0. The predicted molar refractivity (Wildman–Crippen MR) is 63.9 cm³/mol. The quantitative estimate of drug-likeness (QED) is 0.830. The Balaban J connectivity index is 2.32. The molecule has 1 heterocycles. The maximum absolute atomic E-state index is 11.1. The van der Waals surface area contributed by atoms with E-state index in [0.717, 1.165) is 25.1 Å². The third kappa shape index (κ3) is 2.03. The first-order valence-electron chi connectivity index (χ1n) is 5.65. The van der Waals surface area contributed by atoms with Gasteiger partial charge in [-0.2, -0.15) is 0 Å². The van der Waals surface area contributed by atoms with Crippen molar-refractivity contribution < 1.29 is 9.90 Å². The van der Waals surface area contributed by atoms with E-state index in [0.29, 0.717) is 0 Å². The number of hydrogen-bond donors (Lipinski definition) is 1. The van der Waals surface area contributed by atoms with Crippen LogP contribution < -0.4 is 4.90 Å². The van der Waals surface area contributed by atoms with Gasteiger partial charge in [0, 0.05) is 12.2 Å². The van der Waals surface area contributed by atoms with Crippen molar-refractivity contribution in [3.05, 3.63) is 29.3 Å². The van der Waals surface area contributed by atoms with E-state index in [1.54, 1.807) is 0 Å². The van der Waals surface area contributed by atoms with Crippen LogP contribution in [0.15, 0.2) is 18.2 Å². The molecule has 0 saturated carbocycles. The number of rotatable bonds is 2. The van der Waals surface area contributed by atoms with Crippen molar-refractivity contribution in [2.24, 2.45) is 0 Å².